The third-order valence-corrected chi connectivity index (χ3v) is 2.78. The number of hydrogen-bond acceptors (Lipinski definition) is 2. The van der Waals surface area contributed by atoms with Crippen LogP contribution in [0.1, 0.15) is 0 Å². The molecule has 0 atom stereocenters. The van der Waals surface area contributed by atoms with E-state index >= 15 is 0 Å². The van der Waals surface area contributed by atoms with E-state index in [1.54, 1.807) is 33.2 Å². The van der Waals surface area contributed by atoms with Crippen LogP contribution < -0.4 is 4.74 Å². The summed E-state index contributed by atoms with van der Waals surface area (Å²) in [5, 5.41) is 1.63. The van der Waals surface area contributed by atoms with E-state index in [1.807, 2.05) is 0 Å². The minimum absolute atomic E-state index is 0.0273. The van der Waals surface area contributed by atoms with Gasteiger partial charge in [-0.25, -0.2) is 17.8 Å². The van der Waals surface area contributed by atoms with Gasteiger partial charge in [0.05, 0.1) is 14.1 Å². The normalized spacial score (nSPS) is 15.1. The van der Waals surface area contributed by atoms with Crippen molar-refractivity contribution in [3.63, 3.8) is 0 Å². The molecule has 0 saturated carbocycles. The molecule has 0 aromatic heterocycles. The van der Waals surface area contributed by atoms with E-state index in [0.29, 0.717) is 0 Å². The van der Waals surface area contributed by atoms with Crippen LogP contribution in [-0.2, 0) is 0 Å². The van der Waals surface area contributed by atoms with Gasteiger partial charge in [0.25, 0.3) is 0 Å². The van der Waals surface area contributed by atoms with Crippen molar-refractivity contribution in [2.24, 2.45) is 0 Å². The molecule has 1 aromatic carbocycles. The summed E-state index contributed by atoms with van der Waals surface area (Å²) in [6.45, 7) is -0.300. The zero-order valence-corrected chi connectivity index (χ0v) is 14.5. The van der Waals surface area contributed by atoms with E-state index in [-0.39, 0.29) is 11.3 Å². The average molecular weight is 430 g/mol. The summed E-state index contributed by atoms with van der Waals surface area (Å²) in [6.07, 6.45) is 0. The van der Waals surface area contributed by atoms with Crippen molar-refractivity contribution in [3.05, 3.63) is 29.1 Å². The van der Waals surface area contributed by atoms with E-state index in [4.69, 9.17) is 4.74 Å². The van der Waals surface area contributed by atoms with Gasteiger partial charge in [0.2, 0.25) is 41.6 Å². The molecule has 0 saturated heterocycles. The van der Waals surface area contributed by atoms with Crippen molar-refractivity contribution in [1.29, 1.82) is 0 Å². The van der Waals surface area contributed by atoms with Gasteiger partial charge >= 0.3 is 33.0 Å². The predicted molar refractivity (Wildman–Crippen MR) is 71.1 cm³/mol. The molecule has 0 fully saturated rings. The predicted octanol–water partition coefficient (Wildman–Crippen LogP) is 5.65. The number of benzene rings is 1. The van der Waals surface area contributed by atoms with Gasteiger partial charge in [0.1, 0.15) is 0 Å². The number of hydrogen-bond donors (Lipinski definition) is 0. The molecule has 1 rings (SSSR count). The second-order valence-corrected chi connectivity index (χ2v) is 7.52. The second-order valence-electron chi connectivity index (χ2n) is 5.60. The third-order valence-electron chi connectivity index (χ3n) is 2.78. The monoisotopic (exact) mass is 430 g/mol. The Morgan fingerprint density at radius 2 is 1.00 bits per heavy atom. The molecule has 0 heterocycles. The van der Waals surface area contributed by atoms with Gasteiger partial charge < -0.3 is 4.74 Å². The van der Waals surface area contributed by atoms with Crippen molar-refractivity contribution in [3.8, 4) is 5.75 Å². The van der Waals surface area contributed by atoms with Crippen LogP contribution in [0.5, 0.6) is 5.75 Å². The van der Waals surface area contributed by atoms with Crippen LogP contribution in [0.3, 0.4) is 0 Å². The molecular weight excluding hydrogens is 416 g/mol. The van der Waals surface area contributed by atoms with Crippen LogP contribution in [0.2, 0.25) is 0 Å². The molecule has 0 radical (unpaired) electrons. The third kappa shape index (κ3) is 8.81. The number of ether oxygens (including phenoxy) is 1. The van der Waals surface area contributed by atoms with Crippen LogP contribution in [0, 0.1) is 29.1 Å². The fourth-order valence-corrected chi connectivity index (χ4v) is 1.05. The Balaban J connectivity index is 0.000000758. The second kappa shape index (κ2) is 6.64. The summed E-state index contributed by atoms with van der Waals surface area (Å²) in [4.78, 5) is 0. The fourth-order valence-electron chi connectivity index (χ4n) is 1.05. The molecule has 0 bridgehead atoms. The first-order valence-corrected chi connectivity index (χ1v) is 8.29. The first-order chi connectivity index (χ1) is 11.0. The standard InChI is InChI=1S/C11H14F5N2O.F6P/c1-17(2)18(3,4)5-19-11-9(15)7(13)6(12)8(14)10(11)16;1-7(2,3,4,5)6/h5H2,1-4H3;/q+1;-1. The molecule has 1 aromatic rings. The van der Waals surface area contributed by atoms with Crippen molar-refractivity contribution < 1.29 is 56.5 Å². The van der Waals surface area contributed by atoms with Crippen molar-refractivity contribution in [1.82, 2.24) is 5.01 Å². The zero-order chi connectivity index (χ0) is 21.4. The van der Waals surface area contributed by atoms with Gasteiger partial charge in [0.15, 0.2) is 0 Å². The topological polar surface area (TPSA) is 12.5 Å². The quantitative estimate of drug-likeness (QED) is 0.116. The van der Waals surface area contributed by atoms with E-state index in [1.165, 1.54) is 0 Å². The summed E-state index contributed by atoms with van der Waals surface area (Å²) < 4.78 is 129. The summed E-state index contributed by atoms with van der Waals surface area (Å²) in [5.41, 5.74) is 0. The number of halogens is 11. The van der Waals surface area contributed by atoms with Crippen LogP contribution in [0.15, 0.2) is 0 Å². The Hall–Kier alpha value is -1.40. The van der Waals surface area contributed by atoms with E-state index in [2.05, 4.69) is 0 Å². The van der Waals surface area contributed by atoms with Crippen LogP contribution in [-0.4, -0.2) is 44.5 Å². The zero-order valence-electron chi connectivity index (χ0n) is 13.6. The van der Waals surface area contributed by atoms with Crippen LogP contribution in [0.4, 0.5) is 47.1 Å². The van der Waals surface area contributed by atoms with E-state index in [9.17, 15) is 47.1 Å². The maximum atomic E-state index is 13.3. The molecule has 156 valence electrons. The Labute approximate surface area is 140 Å². The van der Waals surface area contributed by atoms with Gasteiger partial charge in [-0.1, -0.05) is 0 Å². The Kier molecular flexibility index (Phi) is 6.28. The molecule has 0 amide bonds. The van der Waals surface area contributed by atoms with Gasteiger partial charge in [0, 0.05) is 14.1 Å². The molecule has 3 nitrogen and oxygen atoms in total. The molecule has 0 spiro atoms. The Bertz CT molecular complexity index is 632. The van der Waals surface area contributed by atoms with E-state index in [0.717, 1.165) is 0 Å². The van der Waals surface area contributed by atoms with Gasteiger partial charge in [-0.15, -0.1) is 0 Å². The summed E-state index contributed by atoms with van der Waals surface area (Å²) in [5.74, 6) is -11.5. The fraction of sp³-hybridized carbons (Fsp3) is 0.455. The molecule has 0 aliphatic heterocycles. The summed E-state index contributed by atoms with van der Waals surface area (Å²) >= 11 is 0. The van der Waals surface area contributed by atoms with Crippen molar-refractivity contribution in [2.75, 3.05) is 34.9 Å². The molecule has 26 heavy (non-hydrogen) atoms. The molecule has 0 unspecified atom stereocenters. The maximum absolute atomic E-state index is 13.3. The molecule has 0 N–H and O–H groups in total. The number of quaternary nitrogens is 1. The first kappa shape index (κ1) is 24.6. The van der Waals surface area contributed by atoms with Crippen LogP contribution in [0.25, 0.3) is 0 Å². The van der Waals surface area contributed by atoms with Gasteiger partial charge in [-0.2, -0.15) is 13.8 Å². The molecular formula is C11H14F11N2OP. The van der Waals surface area contributed by atoms with Gasteiger partial charge in [-0.3, -0.25) is 0 Å². The summed E-state index contributed by atoms with van der Waals surface area (Å²) in [7, 11) is -4.06. The van der Waals surface area contributed by atoms with Crippen LogP contribution >= 0.6 is 7.81 Å². The summed E-state index contributed by atoms with van der Waals surface area (Å²) in [6, 6.07) is 0. The Morgan fingerprint density at radius 1 is 0.731 bits per heavy atom. The van der Waals surface area contributed by atoms with E-state index < -0.39 is 42.6 Å². The molecule has 15 heteroatoms. The Morgan fingerprint density at radius 3 is 1.27 bits per heavy atom. The SMILES string of the molecule is CN(C)[N+](C)(C)COc1c(F)c(F)c(F)c(F)c1F.F[P-](F)(F)(F)(F)F. The molecule has 0 aliphatic carbocycles. The van der Waals surface area contributed by atoms with Crippen molar-refractivity contribution in [2.45, 2.75) is 0 Å². The first-order valence-electron chi connectivity index (χ1n) is 6.26. The van der Waals surface area contributed by atoms with Crippen molar-refractivity contribution >= 4 is 7.81 Å². The average Bonchev–Trinajstić information content (AvgIpc) is 2.39. The number of rotatable bonds is 4. The van der Waals surface area contributed by atoms with Gasteiger partial charge in [-0.05, 0) is 0 Å². The minimum atomic E-state index is -10.7. The molecule has 0 aliphatic rings. The number of nitrogens with zero attached hydrogens (tertiary/aromatic N) is 2.